The zero-order chi connectivity index (χ0) is 15.2. The number of benzene rings is 1. The molecule has 1 N–H and O–H groups in total. The summed E-state index contributed by atoms with van der Waals surface area (Å²) in [5.41, 5.74) is 4.36. The van der Waals surface area contributed by atoms with Crippen LogP contribution in [0.3, 0.4) is 0 Å². The number of hydrogen-bond acceptors (Lipinski definition) is 4. The smallest absolute Gasteiger partial charge is 0.119 e. The van der Waals surface area contributed by atoms with Crippen molar-refractivity contribution in [1.29, 1.82) is 0 Å². The summed E-state index contributed by atoms with van der Waals surface area (Å²) in [6.07, 6.45) is 6.35. The molecule has 3 rings (SSSR count). The van der Waals surface area contributed by atoms with Gasteiger partial charge >= 0.3 is 0 Å². The van der Waals surface area contributed by atoms with Crippen molar-refractivity contribution >= 4 is 11.3 Å². The first kappa shape index (κ1) is 15.5. The third-order valence-electron chi connectivity index (χ3n) is 4.32. The van der Waals surface area contributed by atoms with Gasteiger partial charge in [0.1, 0.15) is 5.75 Å². The molecule has 0 saturated heterocycles. The summed E-state index contributed by atoms with van der Waals surface area (Å²) in [4.78, 5) is 5.58. The highest BCUT2D eigenvalue weighted by Crippen LogP contribution is 2.19. The highest BCUT2D eigenvalue weighted by molar-refractivity contribution is 7.09. The summed E-state index contributed by atoms with van der Waals surface area (Å²) in [5, 5.41) is 3.64. The molecule has 1 aliphatic carbocycles. The van der Waals surface area contributed by atoms with Crippen LogP contribution >= 0.6 is 11.3 Å². The van der Waals surface area contributed by atoms with Crippen molar-refractivity contribution in [2.75, 3.05) is 6.61 Å². The maximum Gasteiger partial charge on any atom is 0.119 e. The number of nitrogens with one attached hydrogen (secondary N) is 1. The molecule has 0 unspecified atom stereocenters. The van der Waals surface area contributed by atoms with Gasteiger partial charge in [0.05, 0.1) is 17.8 Å². The van der Waals surface area contributed by atoms with E-state index in [0.29, 0.717) is 6.61 Å². The minimum absolute atomic E-state index is 0.711. The van der Waals surface area contributed by atoms with E-state index in [4.69, 9.17) is 4.74 Å². The lowest BCUT2D eigenvalue weighted by atomic mass is 10.2. The van der Waals surface area contributed by atoms with E-state index in [9.17, 15) is 0 Å². The number of thiazole rings is 1. The van der Waals surface area contributed by atoms with Gasteiger partial charge in [0, 0.05) is 23.9 Å². The summed E-state index contributed by atoms with van der Waals surface area (Å²) < 4.78 is 5.83. The molecular weight excluding hydrogens is 292 g/mol. The van der Waals surface area contributed by atoms with Gasteiger partial charge in [-0.05, 0) is 37.5 Å². The predicted octanol–water partition coefficient (Wildman–Crippen LogP) is 4.11. The van der Waals surface area contributed by atoms with E-state index in [2.05, 4.69) is 41.5 Å². The summed E-state index contributed by atoms with van der Waals surface area (Å²) in [5.74, 6) is 0.951. The molecule has 0 atom stereocenters. The second-order valence-corrected chi connectivity index (χ2v) is 6.90. The average molecular weight is 316 g/mol. The average Bonchev–Trinajstić information content (AvgIpc) is 3.19. The first-order valence-electron chi connectivity index (χ1n) is 8.15. The van der Waals surface area contributed by atoms with Gasteiger partial charge in [-0.2, -0.15) is 0 Å². The normalized spacial score (nSPS) is 15.3. The number of hydrogen-bond donors (Lipinski definition) is 1. The Morgan fingerprint density at radius 3 is 2.68 bits per heavy atom. The Hall–Kier alpha value is -1.39. The Bertz CT molecular complexity index is 573. The Morgan fingerprint density at radius 2 is 2.00 bits per heavy atom. The monoisotopic (exact) mass is 316 g/mol. The predicted molar refractivity (Wildman–Crippen MR) is 91.6 cm³/mol. The maximum atomic E-state index is 5.83. The largest absolute Gasteiger partial charge is 0.493 e. The van der Waals surface area contributed by atoms with Crippen molar-refractivity contribution in [2.45, 2.75) is 51.6 Å². The van der Waals surface area contributed by atoms with Gasteiger partial charge in [0.15, 0.2) is 0 Å². The molecule has 0 radical (unpaired) electrons. The van der Waals surface area contributed by atoms with Crippen molar-refractivity contribution in [3.8, 4) is 5.75 Å². The van der Waals surface area contributed by atoms with Crippen LogP contribution in [0.1, 0.15) is 41.8 Å². The van der Waals surface area contributed by atoms with Crippen molar-refractivity contribution in [2.24, 2.45) is 0 Å². The molecule has 0 spiro atoms. The third-order valence-corrected chi connectivity index (χ3v) is 5.31. The SMILES string of the molecule is Cc1ncsc1CCOc1ccc(CNC2CCCC2)cc1. The van der Waals surface area contributed by atoms with Gasteiger partial charge in [0.2, 0.25) is 0 Å². The Labute approximate surface area is 136 Å². The van der Waals surface area contributed by atoms with E-state index in [-0.39, 0.29) is 0 Å². The molecule has 118 valence electrons. The van der Waals surface area contributed by atoms with Crippen LogP contribution in [0.5, 0.6) is 5.75 Å². The minimum Gasteiger partial charge on any atom is -0.493 e. The summed E-state index contributed by atoms with van der Waals surface area (Å²) in [7, 11) is 0. The van der Waals surface area contributed by atoms with Crippen LogP contribution in [-0.2, 0) is 13.0 Å². The second kappa shape index (κ2) is 7.75. The number of aromatic nitrogens is 1. The van der Waals surface area contributed by atoms with Crippen molar-refractivity contribution in [3.05, 3.63) is 45.9 Å². The Morgan fingerprint density at radius 1 is 1.23 bits per heavy atom. The molecule has 2 aromatic rings. The summed E-state index contributed by atoms with van der Waals surface area (Å²) in [6.45, 7) is 3.73. The third kappa shape index (κ3) is 4.31. The molecule has 0 aliphatic heterocycles. The van der Waals surface area contributed by atoms with E-state index in [0.717, 1.165) is 30.5 Å². The minimum atomic E-state index is 0.711. The van der Waals surface area contributed by atoms with Crippen LogP contribution in [0.2, 0.25) is 0 Å². The van der Waals surface area contributed by atoms with E-state index >= 15 is 0 Å². The fourth-order valence-corrected chi connectivity index (χ4v) is 3.69. The molecule has 1 aromatic heterocycles. The number of ether oxygens (including phenoxy) is 1. The Kier molecular flexibility index (Phi) is 5.46. The molecule has 1 fully saturated rings. The lowest BCUT2D eigenvalue weighted by Gasteiger charge is -2.12. The van der Waals surface area contributed by atoms with Crippen LogP contribution in [0.25, 0.3) is 0 Å². The molecule has 1 aromatic carbocycles. The lowest BCUT2D eigenvalue weighted by molar-refractivity contribution is 0.322. The van der Waals surface area contributed by atoms with E-state index in [1.807, 2.05) is 5.51 Å². The molecule has 0 amide bonds. The molecular formula is C18H24N2OS. The standard InChI is InChI=1S/C18H24N2OS/c1-14-18(22-13-20-14)10-11-21-17-8-6-15(7-9-17)12-19-16-4-2-3-5-16/h6-9,13,16,19H,2-5,10-12H2,1H3. The highest BCUT2D eigenvalue weighted by Gasteiger charge is 2.13. The first-order valence-corrected chi connectivity index (χ1v) is 9.03. The lowest BCUT2D eigenvalue weighted by Crippen LogP contribution is -2.25. The zero-order valence-corrected chi connectivity index (χ0v) is 14.0. The van der Waals surface area contributed by atoms with Crippen molar-refractivity contribution in [3.63, 3.8) is 0 Å². The molecule has 0 bridgehead atoms. The fourth-order valence-electron chi connectivity index (χ4n) is 2.92. The van der Waals surface area contributed by atoms with Crippen LogP contribution in [0.15, 0.2) is 29.8 Å². The van der Waals surface area contributed by atoms with E-state index in [1.165, 1.54) is 36.1 Å². The molecule has 3 nitrogen and oxygen atoms in total. The first-order chi connectivity index (χ1) is 10.8. The van der Waals surface area contributed by atoms with E-state index < -0.39 is 0 Å². The van der Waals surface area contributed by atoms with Gasteiger partial charge in [-0.15, -0.1) is 11.3 Å². The second-order valence-electron chi connectivity index (χ2n) is 5.97. The van der Waals surface area contributed by atoms with Crippen LogP contribution in [-0.4, -0.2) is 17.6 Å². The van der Waals surface area contributed by atoms with Crippen molar-refractivity contribution < 1.29 is 4.74 Å². The van der Waals surface area contributed by atoms with Crippen LogP contribution in [0, 0.1) is 6.92 Å². The molecule has 4 heteroatoms. The number of nitrogens with zero attached hydrogens (tertiary/aromatic N) is 1. The van der Waals surface area contributed by atoms with Gasteiger partial charge < -0.3 is 10.1 Å². The molecule has 22 heavy (non-hydrogen) atoms. The van der Waals surface area contributed by atoms with Crippen molar-refractivity contribution in [1.82, 2.24) is 10.3 Å². The highest BCUT2D eigenvalue weighted by atomic mass is 32.1. The summed E-state index contributed by atoms with van der Waals surface area (Å²) in [6, 6.07) is 9.19. The Balaban J connectivity index is 1.42. The zero-order valence-electron chi connectivity index (χ0n) is 13.2. The van der Waals surface area contributed by atoms with E-state index in [1.54, 1.807) is 11.3 Å². The van der Waals surface area contributed by atoms with Crippen LogP contribution in [0.4, 0.5) is 0 Å². The van der Waals surface area contributed by atoms with Crippen LogP contribution < -0.4 is 10.1 Å². The maximum absolute atomic E-state index is 5.83. The summed E-state index contributed by atoms with van der Waals surface area (Å²) >= 11 is 1.71. The quantitative estimate of drug-likeness (QED) is 0.835. The molecule has 1 heterocycles. The van der Waals surface area contributed by atoms with Gasteiger partial charge in [0.25, 0.3) is 0 Å². The van der Waals surface area contributed by atoms with Gasteiger partial charge in [-0.3, -0.25) is 0 Å². The topological polar surface area (TPSA) is 34.1 Å². The number of rotatable bonds is 7. The fraction of sp³-hybridized carbons (Fsp3) is 0.500. The molecule has 1 aliphatic rings. The molecule has 1 saturated carbocycles. The van der Waals surface area contributed by atoms with Gasteiger partial charge in [-0.25, -0.2) is 4.98 Å². The van der Waals surface area contributed by atoms with Gasteiger partial charge in [-0.1, -0.05) is 25.0 Å². The number of aryl methyl sites for hydroxylation is 1.